The Kier molecular flexibility index (Phi) is 4.15. The van der Waals surface area contributed by atoms with Crippen molar-refractivity contribution in [3.8, 4) is 5.69 Å². The summed E-state index contributed by atoms with van der Waals surface area (Å²) >= 11 is 0. The van der Waals surface area contributed by atoms with Crippen LogP contribution in [-0.2, 0) is 10.5 Å². The van der Waals surface area contributed by atoms with Gasteiger partial charge in [0.2, 0.25) is 0 Å². The van der Waals surface area contributed by atoms with Crippen LogP contribution in [0.3, 0.4) is 0 Å². The minimum absolute atomic E-state index is 0.240. The lowest BCUT2D eigenvalue weighted by atomic mass is 9.81. The molecule has 6 nitrogen and oxygen atoms in total. The van der Waals surface area contributed by atoms with Crippen LogP contribution in [-0.4, -0.2) is 20.0 Å². The number of para-hydroxylation sites is 1. The maximum Gasteiger partial charge on any atom is 0.354 e. The molecule has 1 aromatic carbocycles. The number of hydrogen-bond donors (Lipinski definition) is 0. The highest BCUT2D eigenvalue weighted by atomic mass is 16.5. The molecule has 140 valence electrons. The van der Waals surface area contributed by atoms with Crippen molar-refractivity contribution in [3.05, 3.63) is 63.5 Å². The van der Waals surface area contributed by atoms with E-state index in [0.717, 1.165) is 5.57 Å². The van der Waals surface area contributed by atoms with Gasteiger partial charge in [0.25, 0.3) is 0 Å². The second-order valence-corrected chi connectivity index (χ2v) is 8.53. The molecular formula is C20H27N3O3. The lowest BCUT2D eigenvalue weighted by Crippen LogP contribution is -2.57. The first-order valence-electron chi connectivity index (χ1n) is 8.82. The van der Waals surface area contributed by atoms with Crippen LogP contribution in [0.2, 0.25) is 0 Å². The SMILES string of the molecule is C=C(C)[C@@H]1[C@H](C(C)(C)C)OC(C)(C)n2c(=O)n(-c3ccccc3)c(=O)n21. The van der Waals surface area contributed by atoms with Crippen LogP contribution in [0.15, 0.2) is 52.1 Å². The fourth-order valence-corrected chi connectivity index (χ4v) is 3.66. The van der Waals surface area contributed by atoms with Crippen LogP contribution in [0.5, 0.6) is 0 Å². The van der Waals surface area contributed by atoms with E-state index >= 15 is 0 Å². The third kappa shape index (κ3) is 2.69. The molecule has 1 aliphatic heterocycles. The van der Waals surface area contributed by atoms with E-state index < -0.39 is 17.5 Å². The maximum absolute atomic E-state index is 13.3. The summed E-state index contributed by atoms with van der Waals surface area (Å²) in [6.07, 6.45) is -0.293. The fourth-order valence-electron chi connectivity index (χ4n) is 3.66. The van der Waals surface area contributed by atoms with Gasteiger partial charge < -0.3 is 4.74 Å². The van der Waals surface area contributed by atoms with Gasteiger partial charge in [-0.1, -0.05) is 51.1 Å². The number of ether oxygens (including phenoxy) is 1. The number of benzene rings is 1. The first-order chi connectivity index (χ1) is 12.0. The number of fused-ring (bicyclic) bond motifs is 1. The van der Waals surface area contributed by atoms with E-state index in [1.165, 1.54) is 13.9 Å². The Morgan fingerprint density at radius 3 is 2.19 bits per heavy atom. The molecule has 0 amide bonds. The summed E-state index contributed by atoms with van der Waals surface area (Å²) in [7, 11) is 0. The molecule has 0 unspecified atom stereocenters. The van der Waals surface area contributed by atoms with Gasteiger partial charge in [-0.25, -0.2) is 18.8 Å². The standard InChI is InChI=1S/C20H27N3O3/c1-13(2)15-16(19(3,4)5)26-20(6,7)23-18(25)21(17(24)22(15)23)14-11-9-8-10-12-14/h8-12,15-16H,1H2,2-7H3/t15-,16-/m1/s1. The van der Waals surface area contributed by atoms with Gasteiger partial charge in [-0.15, -0.1) is 0 Å². The first-order valence-corrected chi connectivity index (χ1v) is 8.82. The highest BCUT2D eigenvalue weighted by molar-refractivity contribution is 5.31. The largest absolute Gasteiger partial charge is 0.354 e. The molecule has 0 aliphatic carbocycles. The topological polar surface area (TPSA) is 58.2 Å². The molecule has 0 bridgehead atoms. The predicted molar refractivity (Wildman–Crippen MR) is 102 cm³/mol. The fraction of sp³-hybridized carbons (Fsp3) is 0.500. The van der Waals surface area contributed by atoms with Crippen molar-refractivity contribution >= 4 is 0 Å². The summed E-state index contributed by atoms with van der Waals surface area (Å²) in [6.45, 7) is 15.8. The Balaban J connectivity index is 2.38. The molecule has 0 spiro atoms. The van der Waals surface area contributed by atoms with E-state index in [-0.39, 0.29) is 17.2 Å². The molecular weight excluding hydrogens is 330 g/mol. The summed E-state index contributed by atoms with van der Waals surface area (Å²) in [4.78, 5) is 26.5. The Labute approximate surface area is 153 Å². The molecule has 1 aliphatic rings. The number of rotatable bonds is 2. The van der Waals surface area contributed by atoms with Crippen LogP contribution >= 0.6 is 0 Å². The lowest BCUT2D eigenvalue weighted by Gasteiger charge is -2.47. The van der Waals surface area contributed by atoms with Gasteiger partial charge in [-0.05, 0) is 38.3 Å². The molecule has 0 saturated heterocycles. The minimum Gasteiger partial charge on any atom is -0.348 e. The predicted octanol–water partition coefficient (Wildman–Crippen LogP) is 3.06. The van der Waals surface area contributed by atoms with Gasteiger partial charge >= 0.3 is 11.4 Å². The van der Waals surface area contributed by atoms with Crippen molar-refractivity contribution in [2.75, 3.05) is 0 Å². The first kappa shape index (κ1) is 18.5. The zero-order chi connectivity index (χ0) is 19.4. The third-order valence-corrected chi connectivity index (χ3v) is 4.82. The van der Waals surface area contributed by atoms with Crippen molar-refractivity contribution < 1.29 is 4.74 Å². The molecule has 0 saturated carbocycles. The van der Waals surface area contributed by atoms with Crippen LogP contribution in [0.1, 0.15) is 47.6 Å². The van der Waals surface area contributed by atoms with Gasteiger partial charge in [-0.2, -0.15) is 4.68 Å². The smallest absolute Gasteiger partial charge is 0.348 e. The summed E-state index contributed by atoms with van der Waals surface area (Å²) in [6, 6.07) is 8.53. The van der Waals surface area contributed by atoms with Crippen LogP contribution in [0, 0.1) is 5.41 Å². The molecule has 3 rings (SSSR count). The van der Waals surface area contributed by atoms with Gasteiger partial charge in [0.15, 0.2) is 5.72 Å². The van der Waals surface area contributed by atoms with Gasteiger partial charge in [0, 0.05) is 0 Å². The van der Waals surface area contributed by atoms with Gasteiger partial charge in [-0.3, -0.25) is 0 Å². The Morgan fingerprint density at radius 1 is 1.12 bits per heavy atom. The molecule has 0 radical (unpaired) electrons. The Bertz CT molecular complexity index is 955. The molecule has 26 heavy (non-hydrogen) atoms. The highest BCUT2D eigenvalue weighted by Crippen LogP contribution is 2.41. The zero-order valence-corrected chi connectivity index (χ0v) is 16.3. The van der Waals surface area contributed by atoms with Crippen molar-refractivity contribution in [2.24, 2.45) is 5.41 Å². The molecule has 6 heteroatoms. The normalized spacial score (nSPS) is 22.1. The van der Waals surface area contributed by atoms with Crippen LogP contribution in [0.25, 0.3) is 5.69 Å². The number of hydrogen-bond acceptors (Lipinski definition) is 3. The maximum atomic E-state index is 13.3. The molecule has 0 fully saturated rings. The van der Waals surface area contributed by atoms with Crippen molar-refractivity contribution in [3.63, 3.8) is 0 Å². The monoisotopic (exact) mass is 357 g/mol. The molecule has 2 aromatic rings. The average molecular weight is 357 g/mol. The summed E-state index contributed by atoms with van der Waals surface area (Å²) in [5, 5.41) is 0. The third-order valence-electron chi connectivity index (χ3n) is 4.82. The molecule has 1 aromatic heterocycles. The highest BCUT2D eigenvalue weighted by Gasteiger charge is 2.48. The summed E-state index contributed by atoms with van der Waals surface area (Å²) in [5.74, 6) is 0. The van der Waals surface area contributed by atoms with Crippen molar-refractivity contribution in [2.45, 2.75) is 59.4 Å². The van der Waals surface area contributed by atoms with Crippen LogP contribution < -0.4 is 11.4 Å². The Hall–Kier alpha value is -2.34. The lowest BCUT2D eigenvalue weighted by molar-refractivity contribution is -0.213. The van der Waals surface area contributed by atoms with E-state index in [4.69, 9.17) is 4.74 Å². The van der Waals surface area contributed by atoms with E-state index in [0.29, 0.717) is 5.69 Å². The van der Waals surface area contributed by atoms with Crippen molar-refractivity contribution in [1.82, 2.24) is 13.9 Å². The van der Waals surface area contributed by atoms with E-state index in [1.807, 2.05) is 26.8 Å². The average Bonchev–Trinajstić information content (AvgIpc) is 2.78. The second kappa shape index (κ2) is 5.84. The van der Waals surface area contributed by atoms with Crippen molar-refractivity contribution in [1.29, 1.82) is 0 Å². The summed E-state index contributed by atoms with van der Waals surface area (Å²) in [5.41, 5.74) is -0.664. The minimum atomic E-state index is -0.958. The Morgan fingerprint density at radius 2 is 1.69 bits per heavy atom. The quantitative estimate of drug-likeness (QED) is 0.776. The van der Waals surface area contributed by atoms with Crippen LogP contribution in [0.4, 0.5) is 0 Å². The van der Waals surface area contributed by atoms with Gasteiger partial charge in [0.05, 0.1) is 11.8 Å². The second-order valence-electron chi connectivity index (χ2n) is 8.53. The summed E-state index contributed by atoms with van der Waals surface area (Å²) < 4.78 is 10.5. The zero-order valence-electron chi connectivity index (χ0n) is 16.3. The molecule has 0 N–H and O–H groups in total. The van der Waals surface area contributed by atoms with Gasteiger partial charge in [0.1, 0.15) is 6.04 Å². The number of nitrogens with zero attached hydrogens (tertiary/aromatic N) is 3. The molecule has 2 atom stereocenters. The van der Waals surface area contributed by atoms with E-state index in [9.17, 15) is 9.59 Å². The molecule has 2 heterocycles. The van der Waals surface area contributed by atoms with E-state index in [1.54, 1.807) is 24.3 Å². The van der Waals surface area contributed by atoms with E-state index in [2.05, 4.69) is 27.4 Å². The number of aromatic nitrogens is 3.